The number of allylic oxidation sites excluding steroid dienone is 24. The Kier molecular flexibility index (Phi) is 56.0. The van der Waals surface area contributed by atoms with Crippen molar-refractivity contribution in [1.29, 1.82) is 0 Å². The molecule has 0 aliphatic carbocycles. The fraction of sp³-hybridized carbons (Fsp3) is 0.597. The summed E-state index contributed by atoms with van der Waals surface area (Å²) < 4.78 is 16.8. The Morgan fingerprint density at radius 2 is 0.534 bits per heavy atom. The molecule has 0 aromatic heterocycles. The first-order valence-corrected chi connectivity index (χ1v) is 29.3. The second kappa shape index (κ2) is 59.8. The number of carbonyl (C=O) groups is 3. The van der Waals surface area contributed by atoms with Gasteiger partial charge in [-0.05, 0) is 135 Å². The van der Waals surface area contributed by atoms with Crippen molar-refractivity contribution in [2.24, 2.45) is 0 Å². The summed E-state index contributed by atoms with van der Waals surface area (Å²) in [6.45, 7) is 6.29. The lowest BCUT2D eigenvalue weighted by molar-refractivity contribution is -0.167. The summed E-state index contributed by atoms with van der Waals surface area (Å²) in [5, 5.41) is 0. The molecule has 0 aromatic carbocycles. The van der Waals surface area contributed by atoms with Crippen molar-refractivity contribution in [3.05, 3.63) is 146 Å². The number of hydrogen-bond donors (Lipinski definition) is 0. The molecule has 73 heavy (non-hydrogen) atoms. The van der Waals surface area contributed by atoms with Gasteiger partial charge in [-0.2, -0.15) is 0 Å². The molecule has 0 N–H and O–H groups in total. The Balaban J connectivity index is 4.48. The van der Waals surface area contributed by atoms with Gasteiger partial charge in [0.25, 0.3) is 0 Å². The lowest BCUT2D eigenvalue weighted by Crippen LogP contribution is -2.30. The van der Waals surface area contributed by atoms with E-state index in [1.54, 1.807) is 0 Å². The molecule has 0 bridgehead atoms. The molecule has 0 aromatic rings. The van der Waals surface area contributed by atoms with Gasteiger partial charge in [0.2, 0.25) is 0 Å². The predicted octanol–water partition coefficient (Wildman–Crippen LogP) is 20.0. The van der Waals surface area contributed by atoms with Crippen molar-refractivity contribution < 1.29 is 28.6 Å². The van der Waals surface area contributed by atoms with Crippen LogP contribution in [0, 0.1) is 0 Å². The van der Waals surface area contributed by atoms with Crippen molar-refractivity contribution in [3.63, 3.8) is 0 Å². The van der Waals surface area contributed by atoms with E-state index in [2.05, 4.69) is 167 Å². The van der Waals surface area contributed by atoms with Crippen LogP contribution < -0.4 is 0 Å². The fourth-order valence-corrected chi connectivity index (χ4v) is 7.47. The van der Waals surface area contributed by atoms with Gasteiger partial charge in [0.15, 0.2) is 6.10 Å². The normalized spacial score (nSPS) is 13.2. The van der Waals surface area contributed by atoms with E-state index in [0.717, 1.165) is 180 Å². The lowest BCUT2D eigenvalue weighted by atomic mass is 10.1. The van der Waals surface area contributed by atoms with E-state index >= 15 is 0 Å². The number of rotatable bonds is 51. The Hall–Kier alpha value is -4.71. The predicted molar refractivity (Wildman–Crippen MR) is 315 cm³/mol. The maximum atomic E-state index is 12.9. The molecular weight excluding hydrogens is 901 g/mol. The molecule has 1 atom stereocenters. The molecule has 0 rings (SSSR count). The highest BCUT2D eigenvalue weighted by Gasteiger charge is 2.19. The molecule has 0 radical (unpaired) electrons. The summed E-state index contributed by atoms with van der Waals surface area (Å²) >= 11 is 0. The van der Waals surface area contributed by atoms with Crippen molar-refractivity contribution in [3.8, 4) is 0 Å². The second-order valence-corrected chi connectivity index (χ2v) is 18.8. The molecule has 6 nitrogen and oxygen atoms in total. The zero-order chi connectivity index (χ0) is 52.9. The third-order valence-corrected chi connectivity index (χ3v) is 11.8. The summed E-state index contributed by atoms with van der Waals surface area (Å²) in [5.41, 5.74) is 0. The SMILES string of the molecule is CC/C=C\C/C=C\C/C=C\C/C=C\C/C=C\C/C=C\CCCCCCC(=O)OCC(COC(=O)CCCCCCC/C=C\C/C=C\CCC)OC(=O)CCCCCCCC/C=C\C/C=C\C/C=C\C/C=C\CC. The van der Waals surface area contributed by atoms with E-state index in [9.17, 15) is 14.4 Å². The van der Waals surface area contributed by atoms with Gasteiger partial charge in [0.05, 0.1) is 0 Å². The Morgan fingerprint density at radius 1 is 0.288 bits per heavy atom. The van der Waals surface area contributed by atoms with Crippen LogP contribution in [-0.2, 0) is 28.6 Å². The van der Waals surface area contributed by atoms with Crippen LogP contribution in [0.2, 0.25) is 0 Å². The van der Waals surface area contributed by atoms with E-state index in [4.69, 9.17) is 14.2 Å². The highest BCUT2D eigenvalue weighted by Crippen LogP contribution is 2.13. The zero-order valence-electron chi connectivity index (χ0n) is 46.8. The first-order valence-electron chi connectivity index (χ1n) is 29.3. The van der Waals surface area contributed by atoms with Crippen LogP contribution in [0.3, 0.4) is 0 Å². The van der Waals surface area contributed by atoms with Gasteiger partial charge < -0.3 is 14.2 Å². The minimum Gasteiger partial charge on any atom is -0.462 e. The van der Waals surface area contributed by atoms with Gasteiger partial charge in [-0.25, -0.2) is 0 Å². The highest BCUT2D eigenvalue weighted by molar-refractivity contribution is 5.71. The Labute approximate surface area is 448 Å². The summed E-state index contributed by atoms with van der Waals surface area (Å²) in [6, 6.07) is 0. The zero-order valence-corrected chi connectivity index (χ0v) is 46.8. The van der Waals surface area contributed by atoms with E-state index in [0.29, 0.717) is 19.3 Å². The van der Waals surface area contributed by atoms with Gasteiger partial charge in [0.1, 0.15) is 13.2 Å². The van der Waals surface area contributed by atoms with Gasteiger partial charge >= 0.3 is 17.9 Å². The number of unbranched alkanes of at least 4 members (excludes halogenated alkanes) is 16. The van der Waals surface area contributed by atoms with Gasteiger partial charge in [-0.3, -0.25) is 14.4 Å². The molecule has 6 heteroatoms. The van der Waals surface area contributed by atoms with Crippen molar-refractivity contribution >= 4 is 17.9 Å². The molecule has 0 spiro atoms. The highest BCUT2D eigenvalue weighted by atomic mass is 16.6. The first-order chi connectivity index (χ1) is 36.0. The average Bonchev–Trinajstić information content (AvgIpc) is 3.39. The number of hydrogen-bond acceptors (Lipinski definition) is 6. The van der Waals surface area contributed by atoms with E-state index in [-0.39, 0.29) is 31.1 Å². The molecule has 0 aliphatic heterocycles. The molecule has 1 unspecified atom stereocenters. The van der Waals surface area contributed by atoms with Crippen LogP contribution in [0.4, 0.5) is 0 Å². The summed E-state index contributed by atoms with van der Waals surface area (Å²) in [4.78, 5) is 38.2. The van der Waals surface area contributed by atoms with E-state index in [1.807, 2.05) is 0 Å². The molecule has 410 valence electrons. The van der Waals surface area contributed by atoms with Gasteiger partial charge in [0, 0.05) is 19.3 Å². The van der Waals surface area contributed by atoms with Crippen LogP contribution >= 0.6 is 0 Å². The van der Waals surface area contributed by atoms with Crippen LogP contribution in [0.5, 0.6) is 0 Å². The summed E-state index contributed by atoms with van der Waals surface area (Å²) in [6.07, 6.45) is 85.5. The monoisotopic (exact) mass is 1010 g/mol. The smallest absolute Gasteiger partial charge is 0.306 e. The standard InChI is InChI=1S/C67H106O6/c1-4-7-10-13-16-19-22-25-27-29-31-32-33-34-36-37-39-42-45-48-51-54-57-60-66(69)72-63-64(62-71-65(68)59-56-53-50-47-44-41-24-21-18-15-12-9-6-3)73-67(70)61-58-55-52-49-46-43-40-38-35-30-28-26-23-20-17-14-11-8-5-2/h7-8,10-12,15-17,19-21,24-28,31-32,34-36,38-39,42,64H,4-6,9,13-14,18,22-23,29-30,33,37,40-41,43-63H2,1-3H3/b10-7-,11-8-,15-12-,19-16-,20-17-,24-21-,27-25-,28-26-,32-31-,36-34-,38-35-,42-39-. The maximum Gasteiger partial charge on any atom is 0.306 e. The Bertz CT molecular complexity index is 1630. The quantitative estimate of drug-likeness (QED) is 0.0261. The third kappa shape index (κ3) is 58.1. The van der Waals surface area contributed by atoms with Crippen LogP contribution in [0.15, 0.2) is 146 Å². The molecule has 0 saturated carbocycles. The maximum absolute atomic E-state index is 12.9. The largest absolute Gasteiger partial charge is 0.462 e. The summed E-state index contributed by atoms with van der Waals surface area (Å²) in [7, 11) is 0. The topological polar surface area (TPSA) is 78.9 Å². The van der Waals surface area contributed by atoms with Crippen LogP contribution in [0.1, 0.15) is 239 Å². The molecular formula is C67H106O6. The Morgan fingerprint density at radius 3 is 0.836 bits per heavy atom. The molecule has 0 fully saturated rings. The van der Waals surface area contributed by atoms with E-state index < -0.39 is 6.10 Å². The molecule has 0 amide bonds. The first kappa shape index (κ1) is 68.3. The minimum atomic E-state index is -0.810. The van der Waals surface area contributed by atoms with Gasteiger partial charge in [-0.15, -0.1) is 0 Å². The number of ether oxygens (including phenoxy) is 3. The van der Waals surface area contributed by atoms with Crippen molar-refractivity contribution in [2.75, 3.05) is 13.2 Å². The van der Waals surface area contributed by atoms with Crippen LogP contribution in [0.25, 0.3) is 0 Å². The summed E-state index contributed by atoms with van der Waals surface area (Å²) in [5.74, 6) is -0.964. The number of carbonyl (C=O) groups excluding carboxylic acids is 3. The van der Waals surface area contributed by atoms with Crippen molar-refractivity contribution in [2.45, 2.75) is 245 Å². The minimum absolute atomic E-state index is 0.105. The average molecular weight is 1010 g/mol. The molecule has 0 saturated heterocycles. The van der Waals surface area contributed by atoms with Crippen molar-refractivity contribution in [1.82, 2.24) is 0 Å². The third-order valence-electron chi connectivity index (χ3n) is 11.8. The molecule has 0 aliphatic rings. The molecule has 0 heterocycles. The van der Waals surface area contributed by atoms with E-state index in [1.165, 1.54) is 19.3 Å². The lowest BCUT2D eigenvalue weighted by Gasteiger charge is -2.18. The fourth-order valence-electron chi connectivity index (χ4n) is 7.47. The van der Waals surface area contributed by atoms with Gasteiger partial charge in [-0.1, -0.05) is 231 Å². The second-order valence-electron chi connectivity index (χ2n) is 18.8. The number of esters is 3. The van der Waals surface area contributed by atoms with Crippen LogP contribution in [-0.4, -0.2) is 37.2 Å².